The van der Waals surface area contributed by atoms with Crippen molar-refractivity contribution in [1.29, 1.82) is 0 Å². The van der Waals surface area contributed by atoms with Gasteiger partial charge in [0.2, 0.25) is 0 Å². The summed E-state index contributed by atoms with van der Waals surface area (Å²) < 4.78 is 5.72. The van der Waals surface area contributed by atoms with E-state index in [0.29, 0.717) is 13.2 Å². The van der Waals surface area contributed by atoms with Crippen molar-refractivity contribution in [2.24, 2.45) is 0 Å². The minimum Gasteiger partial charge on any atom is -0.493 e. The number of para-hydroxylation sites is 2. The first-order valence-electron chi connectivity index (χ1n) is 9.36. The standard InChI is InChI=1S/C23H25N3O2/c1-18-8-5-6-11-22(18)28-17-7-16-24-23(27)26-21-14-12-20(13-15-21)25-19-9-3-2-4-10-19/h2-6,8-15,25H,7,16-17H2,1H3,(H2,24,26,27). The zero-order valence-electron chi connectivity index (χ0n) is 15.9. The second-order valence-corrected chi connectivity index (χ2v) is 6.42. The first kappa shape index (κ1) is 19.3. The Balaban J connectivity index is 1.36. The van der Waals surface area contributed by atoms with Gasteiger partial charge in [0.15, 0.2) is 0 Å². The van der Waals surface area contributed by atoms with Crippen molar-refractivity contribution in [1.82, 2.24) is 5.32 Å². The average Bonchev–Trinajstić information content (AvgIpc) is 2.71. The number of nitrogens with one attached hydrogen (secondary N) is 3. The number of amides is 2. The van der Waals surface area contributed by atoms with Gasteiger partial charge in [-0.05, 0) is 61.4 Å². The summed E-state index contributed by atoms with van der Waals surface area (Å²) in [4.78, 5) is 12.0. The van der Waals surface area contributed by atoms with Crippen LogP contribution in [-0.2, 0) is 0 Å². The Morgan fingerprint density at radius 2 is 1.46 bits per heavy atom. The van der Waals surface area contributed by atoms with Gasteiger partial charge in [-0.15, -0.1) is 0 Å². The Morgan fingerprint density at radius 1 is 0.821 bits per heavy atom. The monoisotopic (exact) mass is 375 g/mol. The summed E-state index contributed by atoms with van der Waals surface area (Å²) in [5.74, 6) is 0.885. The lowest BCUT2D eigenvalue weighted by atomic mass is 10.2. The molecule has 3 rings (SSSR count). The van der Waals surface area contributed by atoms with Gasteiger partial charge < -0.3 is 20.7 Å². The molecule has 0 saturated heterocycles. The Bertz CT molecular complexity index is 880. The first-order valence-corrected chi connectivity index (χ1v) is 9.36. The SMILES string of the molecule is Cc1ccccc1OCCCNC(=O)Nc1ccc(Nc2ccccc2)cc1. The van der Waals surface area contributed by atoms with Crippen LogP contribution in [0.25, 0.3) is 0 Å². The fourth-order valence-corrected chi connectivity index (χ4v) is 2.67. The van der Waals surface area contributed by atoms with Gasteiger partial charge in [0.05, 0.1) is 6.61 Å². The van der Waals surface area contributed by atoms with Crippen LogP contribution in [0.1, 0.15) is 12.0 Å². The number of anilines is 3. The van der Waals surface area contributed by atoms with Crippen LogP contribution in [0.4, 0.5) is 21.9 Å². The number of ether oxygens (including phenoxy) is 1. The third kappa shape index (κ3) is 6.06. The number of carbonyl (C=O) groups is 1. The van der Waals surface area contributed by atoms with Crippen molar-refractivity contribution < 1.29 is 9.53 Å². The van der Waals surface area contributed by atoms with Crippen LogP contribution in [0.2, 0.25) is 0 Å². The van der Waals surface area contributed by atoms with E-state index in [1.165, 1.54) is 0 Å². The summed E-state index contributed by atoms with van der Waals surface area (Å²) in [6.45, 7) is 3.12. The van der Waals surface area contributed by atoms with E-state index in [0.717, 1.165) is 34.8 Å². The predicted molar refractivity (Wildman–Crippen MR) is 114 cm³/mol. The summed E-state index contributed by atoms with van der Waals surface area (Å²) in [6, 6.07) is 25.2. The molecule has 144 valence electrons. The molecule has 0 saturated carbocycles. The first-order chi connectivity index (χ1) is 13.7. The van der Waals surface area contributed by atoms with Gasteiger partial charge in [-0.25, -0.2) is 4.79 Å². The summed E-state index contributed by atoms with van der Waals surface area (Å²) in [7, 11) is 0. The molecule has 3 aromatic rings. The highest BCUT2D eigenvalue weighted by molar-refractivity contribution is 5.89. The minimum atomic E-state index is -0.223. The van der Waals surface area contributed by atoms with Gasteiger partial charge in [0, 0.05) is 23.6 Å². The Kier molecular flexibility index (Phi) is 6.90. The fourth-order valence-electron chi connectivity index (χ4n) is 2.67. The molecule has 0 aliphatic heterocycles. The molecule has 5 heteroatoms. The van der Waals surface area contributed by atoms with Gasteiger partial charge in [-0.3, -0.25) is 0 Å². The molecule has 2 amide bonds. The van der Waals surface area contributed by atoms with E-state index in [2.05, 4.69) is 16.0 Å². The molecule has 0 bridgehead atoms. The molecule has 0 radical (unpaired) electrons. The molecule has 0 aliphatic carbocycles. The number of hydrogen-bond acceptors (Lipinski definition) is 3. The van der Waals surface area contributed by atoms with Crippen LogP contribution in [-0.4, -0.2) is 19.2 Å². The molecule has 0 unspecified atom stereocenters. The molecular formula is C23H25N3O2. The van der Waals surface area contributed by atoms with E-state index in [1.807, 2.05) is 85.8 Å². The average molecular weight is 375 g/mol. The van der Waals surface area contributed by atoms with Crippen molar-refractivity contribution in [2.75, 3.05) is 23.8 Å². The maximum atomic E-state index is 12.0. The van der Waals surface area contributed by atoms with Gasteiger partial charge in [-0.2, -0.15) is 0 Å². The zero-order valence-corrected chi connectivity index (χ0v) is 15.9. The maximum Gasteiger partial charge on any atom is 0.319 e. The molecule has 0 spiro atoms. The molecule has 0 aromatic heterocycles. The van der Waals surface area contributed by atoms with E-state index in [1.54, 1.807) is 0 Å². The van der Waals surface area contributed by atoms with Gasteiger partial charge in [0.25, 0.3) is 0 Å². The van der Waals surface area contributed by atoms with Crippen molar-refractivity contribution in [3.63, 3.8) is 0 Å². The lowest BCUT2D eigenvalue weighted by Crippen LogP contribution is -2.30. The molecular weight excluding hydrogens is 350 g/mol. The van der Waals surface area contributed by atoms with Gasteiger partial charge >= 0.3 is 6.03 Å². The summed E-state index contributed by atoms with van der Waals surface area (Å²) in [6.07, 6.45) is 0.738. The third-order valence-electron chi connectivity index (χ3n) is 4.16. The van der Waals surface area contributed by atoms with E-state index in [-0.39, 0.29) is 6.03 Å². The Labute approximate surface area is 165 Å². The van der Waals surface area contributed by atoms with Crippen LogP contribution in [0.3, 0.4) is 0 Å². The second kappa shape index (κ2) is 10.0. The molecule has 3 N–H and O–H groups in total. The Morgan fingerprint density at radius 3 is 2.21 bits per heavy atom. The topological polar surface area (TPSA) is 62.4 Å². The molecule has 0 atom stereocenters. The van der Waals surface area contributed by atoms with E-state index < -0.39 is 0 Å². The van der Waals surface area contributed by atoms with E-state index in [4.69, 9.17) is 4.74 Å². The van der Waals surface area contributed by atoms with Gasteiger partial charge in [0.1, 0.15) is 5.75 Å². The number of urea groups is 1. The number of benzene rings is 3. The number of rotatable bonds is 8. The summed E-state index contributed by atoms with van der Waals surface area (Å²) in [5.41, 5.74) is 3.84. The second-order valence-electron chi connectivity index (χ2n) is 6.42. The highest BCUT2D eigenvalue weighted by Gasteiger charge is 2.02. The van der Waals surface area contributed by atoms with Crippen LogP contribution in [0.15, 0.2) is 78.9 Å². The maximum absolute atomic E-state index is 12.0. The number of hydrogen-bond donors (Lipinski definition) is 3. The largest absolute Gasteiger partial charge is 0.493 e. The smallest absolute Gasteiger partial charge is 0.319 e. The van der Waals surface area contributed by atoms with E-state index >= 15 is 0 Å². The summed E-state index contributed by atoms with van der Waals surface area (Å²) >= 11 is 0. The normalized spacial score (nSPS) is 10.2. The van der Waals surface area contributed by atoms with Gasteiger partial charge in [-0.1, -0.05) is 36.4 Å². The van der Waals surface area contributed by atoms with Crippen molar-refractivity contribution in [2.45, 2.75) is 13.3 Å². The van der Waals surface area contributed by atoms with Crippen LogP contribution < -0.4 is 20.7 Å². The molecule has 28 heavy (non-hydrogen) atoms. The minimum absolute atomic E-state index is 0.223. The molecule has 0 fully saturated rings. The molecule has 5 nitrogen and oxygen atoms in total. The zero-order chi connectivity index (χ0) is 19.6. The highest BCUT2D eigenvalue weighted by atomic mass is 16.5. The fraction of sp³-hybridized carbons (Fsp3) is 0.174. The lowest BCUT2D eigenvalue weighted by Gasteiger charge is -2.11. The summed E-state index contributed by atoms with van der Waals surface area (Å²) in [5, 5.41) is 8.98. The molecule has 0 heterocycles. The third-order valence-corrected chi connectivity index (χ3v) is 4.16. The van der Waals surface area contributed by atoms with E-state index in [9.17, 15) is 4.79 Å². The quantitative estimate of drug-likeness (QED) is 0.466. The van der Waals surface area contributed by atoms with Crippen molar-refractivity contribution >= 4 is 23.1 Å². The van der Waals surface area contributed by atoms with Crippen LogP contribution in [0.5, 0.6) is 5.75 Å². The lowest BCUT2D eigenvalue weighted by molar-refractivity contribution is 0.250. The predicted octanol–water partition coefficient (Wildman–Crippen LogP) is 5.33. The number of carbonyl (C=O) groups excluding carboxylic acids is 1. The van der Waals surface area contributed by atoms with Crippen LogP contribution >= 0.6 is 0 Å². The number of aryl methyl sites for hydroxylation is 1. The van der Waals surface area contributed by atoms with Crippen LogP contribution in [0, 0.1) is 6.92 Å². The highest BCUT2D eigenvalue weighted by Crippen LogP contribution is 2.18. The molecule has 0 aliphatic rings. The van der Waals surface area contributed by atoms with Crippen molar-refractivity contribution in [3.05, 3.63) is 84.4 Å². The van der Waals surface area contributed by atoms with Crippen molar-refractivity contribution in [3.8, 4) is 5.75 Å². The Hall–Kier alpha value is -3.47. The molecule has 3 aromatic carbocycles.